The largest absolute Gasteiger partial charge is 0.409 e. The summed E-state index contributed by atoms with van der Waals surface area (Å²) in [6.07, 6.45) is 1.77. The van der Waals surface area contributed by atoms with Crippen LogP contribution >= 0.6 is 11.6 Å². The van der Waals surface area contributed by atoms with Crippen LogP contribution in [0, 0.1) is 0 Å². The first-order valence-electron chi connectivity index (χ1n) is 8.08. The lowest BCUT2D eigenvalue weighted by Crippen LogP contribution is -2.00. The molecule has 4 rings (SSSR count). The van der Waals surface area contributed by atoms with Gasteiger partial charge < -0.3 is 4.42 Å². The van der Waals surface area contributed by atoms with Crippen LogP contribution in [0.2, 0.25) is 5.02 Å². The van der Waals surface area contributed by atoms with Crippen LogP contribution in [0.1, 0.15) is 11.3 Å². The molecule has 0 saturated carbocycles. The van der Waals surface area contributed by atoms with Gasteiger partial charge >= 0.3 is 5.22 Å². The summed E-state index contributed by atoms with van der Waals surface area (Å²) in [5.41, 5.74) is 2.42. The molecule has 9 heteroatoms. The van der Waals surface area contributed by atoms with Crippen LogP contribution in [0.5, 0.6) is 0 Å². The average Bonchev–Trinajstić information content (AvgIpc) is 3.33. The third-order valence-electron chi connectivity index (χ3n) is 3.74. The molecule has 136 valence electrons. The molecule has 0 saturated heterocycles. The van der Waals surface area contributed by atoms with Crippen molar-refractivity contribution < 1.29 is 8.63 Å². The first kappa shape index (κ1) is 17.6. The molecule has 7 nitrogen and oxygen atoms in total. The number of benzene rings is 2. The van der Waals surface area contributed by atoms with Gasteiger partial charge in [-0.3, -0.25) is 0 Å². The molecule has 2 aromatic carbocycles. The molecule has 0 unspecified atom stereocenters. The lowest BCUT2D eigenvalue weighted by molar-refractivity contribution is 0.455. The minimum atomic E-state index is -1.51. The zero-order chi connectivity index (χ0) is 18.6. The molecule has 0 aliphatic heterocycles. The zero-order valence-corrected chi connectivity index (χ0v) is 15.6. The molecule has 0 aliphatic rings. The zero-order valence-electron chi connectivity index (χ0n) is 14.0. The van der Waals surface area contributed by atoms with Gasteiger partial charge in [-0.05, 0) is 29.8 Å². The first-order chi connectivity index (χ1) is 13.2. The van der Waals surface area contributed by atoms with Crippen LogP contribution < -0.4 is 0 Å². The summed E-state index contributed by atoms with van der Waals surface area (Å²) in [7, 11) is -1.51. The van der Waals surface area contributed by atoms with E-state index in [0.717, 1.165) is 5.56 Å². The average molecular weight is 400 g/mol. The van der Waals surface area contributed by atoms with Crippen LogP contribution in [0.25, 0.3) is 11.5 Å². The van der Waals surface area contributed by atoms with Crippen molar-refractivity contribution in [1.29, 1.82) is 0 Å². The summed E-state index contributed by atoms with van der Waals surface area (Å²) >= 11 is 5.87. The van der Waals surface area contributed by atoms with Crippen molar-refractivity contribution in [3.05, 3.63) is 77.1 Å². The number of rotatable bonds is 6. The number of nitrogens with zero attached hydrogens (tertiary/aromatic N) is 5. The van der Waals surface area contributed by atoms with E-state index >= 15 is 0 Å². The summed E-state index contributed by atoms with van der Waals surface area (Å²) < 4.78 is 19.7. The van der Waals surface area contributed by atoms with Crippen LogP contribution in [0.4, 0.5) is 0 Å². The Hall–Kier alpha value is -2.84. The molecule has 0 bridgehead atoms. The summed E-state index contributed by atoms with van der Waals surface area (Å²) in [4.78, 5) is 0. The van der Waals surface area contributed by atoms with E-state index in [2.05, 4.69) is 20.5 Å². The Morgan fingerprint density at radius 3 is 2.56 bits per heavy atom. The maximum Gasteiger partial charge on any atom is 0.308 e. The fraction of sp³-hybridized carbons (Fsp3) is 0.111. The third-order valence-corrected chi connectivity index (χ3v) is 5.11. The van der Waals surface area contributed by atoms with Crippen molar-refractivity contribution >= 4 is 22.4 Å². The highest BCUT2D eigenvalue weighted by molar-refractivity contribution is 7.83. The topological polar surface area (TPSA) is 86.7 Å². The van der Waals surface area contributed by atoms with E-state index < -0.39 is 10.8 Å². The Labute approximate surface area is 162 Å². The Morgan fingerprint density at radius 2 is 1.78 bits per heavy atom. The highest BCUT2D eigenvalue weighted by Gasteiger charge is 2.16. The molecule has 0 aliphatic carbocycles. The summed E-state index contributed by atoms with van der Waals surface area (Å²) in [5, 5.41) is 16.6. The van der Waals surface area contributed by atoms with Crippen LogP contribution in [0.15, 0.2) is 70.4 Å². The Balaban J connectivity index is 1.43. The monoisotopic (exact) mass is 399 g/mol. The van der Waals surface area contributed by atoms with Gasteiger partial charge in [-0.1, -0.05) is 52.2 Å². The third kappa shape index (κ3) is 4.29. The second kappa shape index (κ2) is 7.81. The van der Waals surface area contributed by atoms with Crippen molar-refractivity contribution in [3.63, 3.8) is 0 Å². The van der Waals surface area contributed by atoms with Gasteiger partial charge in [0.05, 0.1) is 18.0 Å². The lowest BCUT2D eigenvalue weighted by Gasteiger charge is -1.99. The minimum absolute atomic E-state index is 0.0533. The van der Waals surface area contributed by atoms with Crippen molar-refractivity contribution in [2.45, 2.75) is 17.5 Å². The standard InChI is InChI=1S/C18H14ClN5O2S/c19-15-8-6-14(7-9-15)17-21-22-18(26-17)27(25)12-16-11-24(23-20-16)10-13-4-2-1-3-5-13/h1-9,11H,10,12H2/t27-/m0/s1. The predicted molar refractivity (Wildman–Crippen MR) is 100 cm³/mol. The molecule has 4 aromatic rings. The van der Waals surface area contributed by atoms with Crippen LogP contribution in [0.3, 0.4) is 0 Å². The van der Waals surface area contributed by atoms with Gasteiger partial charge in [0.15, 0.2) is 0 Å². The molecule has 0 fully saturated rings. The smallest absolute Gasteiger partial charge is 0.308 e. The van der Waals surface area contributed by atoms with E-state index in [9.17, 15) is 4.21 Å². The second-order valence-electron chi connectivity index (χ2n) is 5.76. The summed E-state index contributed by atoms with van der Waals surface area (Å²) in [6.45, 7) is 0.599. The summed E-state index contributed by atoms with van der Waals surface area (Å²) in [6, 6.07) is 16.9. The van der Waals surface area contributed by atoms with E-state index in [1.54, 1.807) is 35.1 Å². The van der Waals surface area contributed by atoms with Gasteiger partial charge in [0.25, 0.3) is 0 Å². The van der Waals surface area contributed by atoms with Gasteiger partial charge in [0.1, 0.15) is 10.8 Å². The van der Waals surface area contributed by atoms with E-state index in [0.29, 0.717) is 28.7 Å². The first-order valence-corrected chi connectivity index (χ1v) is 9.78. The molecule has 27 heavy (non-hydrogen) atoms. The number of aromatic nitrogens is 5. The SMILES string of the molecule is O=[S@@](Cc1cn(Cc2ccccc2)nn1)c1nnc(-c2ccc(Cl)cc2)o1. The van der Waals surface area contributed by atoms with E-state index in [1.807, 2.05) is 30.3 Å². The van der Waals surface area contributed by atoms with Crippen LogP contribution in [-0.2, 0) is 23.1 Å². The van der Waals surface area contributed by atoms with E-state index in [1.165, 1.54) is 0 Å². The molecular weight excluding hydrogens is 386 g/mol. The van der Waals surface area contributed by atoms with Crippen molar-refractivity contribution in [3.8, 4) is 11.5 Å². The number of hydrogen-bond acceptors (Lipinski definition) is 6. The van der Waals surface area contributed by atoms with Crippen LogP contribution in [-0.4, -0.2) is 29.4 Å². The molecule has 0 radical (unpaired) electrons. The maximum absolute atomic E-state index is 12.5. The molecule has 2 heterocycles. The number of hydrogen-bond donors (Lipinski definition) is 0. The Bertz CT molecular complexity index is 1060. The van der Waals surface area contributed by atoms with Gasteiger partial charge in [0.2, 0.25) is 5.89 Å². The van der Waals surface area contributed by atoms with Crippen molar-refractivity contribution in [1.82, 2.24) is 25.2 Å². The van der Waals surface area contributed by atoms with Crippen molar-refractivity contribution in [2.75, 3.05) is 0 Å². The van der Waals surface area contributed by atoms with E-state index in [4.69, 9.17) is 16.0 Å². The van der Waals surface area contributed by atoms with E-state index in [-0.39, 0.29) is 11.0 Å². The predicted octanol–water partition coefficient (Wildman–Crippen LogP) is 3.34. The van der Waals surface area contributed by atoms with Gasteiger partial charge in [0, 0.05) is 16.8 Å². The minimum Gasteiger partial charge on any atom is -0.409 e. The quantitative estimate of drug-likeness (QED) is 0.494. The second-order valence-corrected chi connectivity index (χ2v) is 7.53. The highest BCUT2D eigenvalue weighted by Crippen LogP contribution is 2.21. The molecule has 0 spiro atoms. The van der Waals surface area contributed by atoms with Crippen molar-refractivity contribution in [2.24, 2.45) is 0 Å². The molecule has 0 N–H and O–H groups in total. The normalized spacial score (nSPS) is 12.2. The van der Waals surface area contributed by atoms with Gasteiger partial charge in [-0.25, -0.2) is 8.89 Å². The van der Waals surface area contributed by atoms with Gasteiger partial charge in [-0.15, -0.1) is 10.2 Å². The fourth-order valence-corrected chi connectivity index (χ4v) is 3.41. The number of halogens is 1. The molecule has 2 aromatic heterocycles. The summed E-state index contributed by atoms with van der Waals surface area (Å²) in [5.74, 6) is 0.444. The molecule has 0 amide bonds. The molecular formula is C18H14ClN5O2S. The maximum atomic E-state index is 12.5. The fourth-order valence-electron chi connectivity index (χ4n) is 2.46. The molecule has 1 atom stereocenters. The lowest BCUT2D eigenvalue weighted by atomic mass is 10.2. The Kier molecular flexibility index (Phi) is 5.08. The van der Waals surface area contributed by atoms with Gasteiger partial charge in [-0.2, -0.15) is 0 Å². The highest BCUT2D eigenvalue weighted by atomic mass is 35.5. The Morgan fingerprint density at radius 1 is 1.00 bits per heavy atom.